The first kappa shape index (κ1) is 22.2. The van der Waals surface area contributed by atoms with E-state index in [0.29, 0.717) is 19.1 Å². The Balaban J connectivity index is 0.00000312. The fraction of sp³-hybridized carbons (Fsp3) is 0.632. The number of halogens is 1. The third kappa shape index (κ3) is 7.50. The van der Waals surface area contributed by atoms with Crippen molar-refractivity contribution >= 4 is 29.9 Å². The third-order valence-corrected chi connectivity index (χ3v) is 4.23. The van der Waals surface area contributed by atoms with Gasteiger partial charge in [-0.3, -0.25) is 0 Å². The largest absolute Gasteiger partial charge is 0.381 e. The minimum atomic E-state index is 0. The van der Waals surface area contributed by atoms with Crippen LogP contribution in [0.1, 0.15) is 31.4 Å². The fourth-order valence-electron chi connectivity index (χ4n) is 2.90. The molecule has 5 nitrogen and oxygen atoms in total. The van der Waals surface area contributed by atoms with E-state index in [1.54, 1.807) is 0 Å². The van der Waals surface area contributed by atoms with Crippen LogP contribution in [0.3, 0.4) is 0 Å². The number of hydrogen-bond acceptors (Lipinski definition) is 3. The summed E-state index contributed by atoms with van der Waals surface area (Å²) in [5.74, 6) is 1.56. The van der Waals surface area contributed by atoms with Gasteiger partial charge in [-0.05, 0) is 31.4 Å². The highest BCUT2D eigenvalue weighted by atomic mass is 127. The van der Waals surface area contributed by atoms with Crippen LogP contribution in [-0.2, 0) is 22.6 Å². The van der Waals surface area contributed by atoms with Crippen molar-refractivity contribution in [3.8, 4) is 0 Å². The van der Waals surface area contributed by atoms with Crippen LogP contribution in [0.5, 0.6) is 0 Å². The van der Waals surface area contributed by atoms with Crippen molar-refractivity contribution < 1.29 is 9.47 Å². The number of nitrogens with zero attached hydrogens (tertiary/aromatic N) is 2. The quantitative estimate of drug-likeness (QED) is 0.367. The Morgan fingerprint density at radius 2 is 2.08 bits per heavy atom. The van der Waals surface area contributed by atoms with Crippen molar-refractivity contribution in [3.05, 3.63) is 35.4 Å². The highest BCUT2D eigenvalue weighted by molar-refractivity contribution is 14.0. The van der Waals surface area contributed by atoms with Crippen LogP contribution in [0.4, 0.5) is 0 Å². The van der Waals surface area contributed by atoms with E-state index in [1.165, 1.54) is 11.1 Å². The van der Waals surface area contributed by atoms with Crippen LogP contribution in [0, 0.1) is 5.92 Å². The third-order valence-electron chi connectivity index (χ3n) is 4.23. The lowest BCUT2D eigenvalue weighted by atomic mass is 10.1. The second-order valence-electron chi connectivity index (χ2n) is 6.19. The lowest BCUT2D eigenvalue weighted by Gasteiger charge is -2.24. The van der Waals surface area contributed by atoms with Crippen molar-refractivity contribution in [1.29, 1.82) is 0 Å². The Morgan fingerprint density at radius 1 is 1.32 bits per heavy atom. The predicted octanol–water partition coefficient (Wildman–Crippen LogP) is 3.27. The summed E-state index contributed by atoms with van der Waals surface area (Å²) in [5, 5.41) is 3.39. The Hall–Kier alpha value is -0.860. The molecule has 1 aromatic rings. The van der Waals surface area contributed by atoms with Gasteiger partial charge in [-0.1, -0.05) is 24.3 Å². The molecule has 1 N–H and O–H groups in total. The zero-order valence-corrected chi connectivity index (χ0v) is 18.0. The molecule has 1 aliphatic heterocycles. The zero-order valence-electron chi connectivity index (χ0n) is 15.7. The summed E-state index contributed by atoms with van der Waals surface area (Å²) >= 11 is 0. The lowest BCUT2D eigenvalue weighted by molar-refractivity contribution is 0.133. The van der Waals surface area contributed by atoms with Gasteiger partial charge in [0.05, 0.1) is 19.8 Å². The first-order valence-corrected chi connectivity index (χ1v) is 8.96. The molecule has 1 fully saturated rings. The van der Waals surface area contributed by atoms with E-state index in [2.05, 4.69) is 48.5 Å². The molecule has 25 heavy (non-hydrogen) atoms. The van der Waals surface area contributed by atoms with Crippen molar-refractivity contribution in [1.82, 2.24) is 10.2 Å². The maximum absolute atomic E-state index is 5.56. The van der Waals surface area contributed by atoms with E-state index >= 15 is 0 Å². The number of benzene rings is 1. The van der Waals surface area contributed by atoms with E-state index in [9.17, 15) is 0 Å². The number of hydrogen-bond donors (Lipinski definition) is 1. The van der Waals surface area contributed by atoms with Gasteiger partial charge in [0.25, 0.3) is 0 Å². The molecule has 6 heteroatoms. The topological polar surface area (TPSA) is 46.1 Å². The molecule has 1 unspecified atom stereocenters. The average Bonchev–Trinajstić information content (AvgIpc) is 3.10. The molecule has 1 aliphatic rings. The molecular formula is C19H32IN3O2. The van der Waals surface area contributed by atoms with Gasteiger partial charge in [-0.2, -0.15) is 0 Å². The van der Waals surface area contributed by atoms with Gasteiger partial charge in [0.15, 0.2) is 5.96 Å². The Labute approximate surface area is 169 Å². The first-order valence-electron chi connectivity index (χ1n) is 8.96. The number of nitrogens with one attached hydrogen (secondary N) is 1. The normalized spacial score (nSPS) is 17.2. The number of rotatable bonds is 8. The fourth-order valence-corrected chi connectivity index (χ4v) is 2.90. The average molecular weight is 461 g/mol. The second-order valence-corrected chi connectivity index (χ2v) is 6.19. The lowest BCUT2D eigenvalue weighted by Crippen LogP contribution is -2.41. The maximum atomic E-state index is 5.56. The molecule has 1 atom stereocenters. The van der Waals surface area contributed by atoms with Gasteiger partial charge >= 0.3 is 0 Å². The van der Waals surface area contributed by atoms with Crippen LogP contribution in [0.2, 0.25) is 0 Å². The minimum absolute atomic E-state index is 0. The van der Waals surface area contributed by atoms with Gasteiger partial charge in [0.1, 0.15) is 0 Å². The zero-order chi connectivity index (χ0) is 17.2. The molecule has 2 rings (SSSR count). The number of aliphatic imine (C=N–C) groups is 1. The van der Waals surface area contributed by atoms with Crippen molar-refractivity contribution in [2.24, 2.45) is 10.9 Å². The Morgan fingerprint density at radius 3 is 2.72 bits per heavy atom. The Bertz CT molecular complexity index is 519. The predicted molar refractivity (Wildman–Crippen MR) is 114 cm³/mol. The monoisotopic (exact) mass is 461 g/mol. The molecule has 142 valence electrons. The summed E-state index contributed by atoms with van der Waals surface area (Å²) in [5.41, 5.74) is 2.43. The summed E-state index contributed by atoms with van der Waals surface area (Å²) in [4.78, 5) is 7.05. The Kier molecular flexibility index (Phi) is 11.1. The highest BCUT2D eigenvalue weighted by Gasteiger charge is 2.19. The number of guanidine groups is 1. The highest BCUT2D eigenvalue weighted by Crippen LogP contribution is 2.14. The van der Waals surface area contributed by atoms with E-state index < -0.39 is 0 Å². The van der Waals surface area contributed by atoms with Crippen LogP contribution in [0.15, 0.2) is 29.3 Å². The van der Waals surface area contributed by atoms with Gasteiger partial charge in [0, 0.05) is 39.3 Å². The smallest absolute Gasteiger partial charge is 0.193 e. The standard InChI is InChI=1S/C19H31N3O2.HI/c1-4-20-19(22(3)13-16-10-11-24-14-16)21-12-17-8-6-7-9-18(17)15-23-5-2;/h6-9,16H,4-5,10-15H2,1-3H3,(H,20,21);1H. The summed E-state index contributed by atoms with van der Waals surface area (Å²) in [6.07, 6.45) is 1.14. The summed E-state index contributed by atoms with van der Waals surface area (Å²) < 4.78 is 11.0. The van der Waals surface area contributed by atoms with Gasteiger partial charge < -0.3 is 19.7 Å². The second kappa shape index (κ2) is 12.5. The van der Waals surface area contributed by atoms with E-state index in [4.69, 9.17) is 14.5 Å². The van der Waals surface area contributed by atoms with Crippen molar-refractivity contribution in [2.75, 3.05) is 40.0 Å². The molecule has 0 radical (unpaired) electrons. The van der Waals surface area contributed by atoms with Crippen LogP contribution in [-0.4, -0.2) is 50.8 Å². The molecule has 0 spiro atoms. The van der Waals surface area contributed by atoms with Crippen molar-refractivity contribution in [3.63, 3.8) is 0 Å². The van der Waals surface area contributed by atoms with Gasteiger partial charge in [-0.25, -0.2) is 4.99 Å². The van der Waals surface area contributed by atoms with Gasteiger partial charge in [0.2, 0.25) is 0 Å². The maximum Gasteiger partial charge on any atom is 0.193 e. The SMILES string of the molecule is CCNC(=NCc1ccccc1COCC)N(C)CC1CCOC1.I. The molecule has 1 saturated heterocycles. The minimum Gasteiger partial charge on any atom is -0.381 e. The van der Waals surface area contributed by atoms with E-state index in [-0.39, 0.29) is 24.0 Å². The molecule has 0 amide bonds. The van der Waals surface area contributed by atoms with Crippen LogP contribution < -0.4 is 5.32 Å². The van der Waals surface area contributed by atoms with E-state index in [1.807, 2.05) is 6.92 Å². The molecule has 0 aromatic heterocycles. The summed E-state index contributed by atoms with van der Waals surface area (Å²) in [7, 11) is 2.10. The molecule has 0 aliphatic carbocycles. The summed E-state index contributed by atoms with van der Waals surface area (Å²) in [6, 6.07) is 8.37. The molecule has 1 heterocycles. The van der Waals surface area contributed by atoms with Gasteiger partial charge in [-0.15, -0.1) is 24.0 Å². The van der Waals surface area contributed by atoms with Crippen molar-refractivity contribution in [2.45, 2.75) is 33.4 Å². The summed E-state index contributed by atoms with van der Waals surface area (Å²) in [6.45, 7) is 9.75. The van der Waals surface area contributed by atoms with Crippen LogP contribution >= 0.6 is 24.0 Å². The van der Waals surface area contributed by atoms with Crippen LogP contribution in [0.25, 0.3) is 0 Å². The molecule has 0 saturated carbocycles. The number of ether oxygens (including phenoxy) is 2. The molecular weight excluding hydrogens is 429 g/mol. The molecule has 1 aromatic carbocycles. The first-order chi connectivity index (χ1) is 11.7. The molecule has 0 bridgehead atoms. The van der Waals surface area contributed by atoms with E-state index in [0.717, 1.165) is 45.3 Å².